The number of carbonyl (C=O) groups excluding carboxylic acids is 1. The van der Waals surface area contributed by atoms with Crippen LogP contribution >= 0.6 is 0 Å². The molecule has 0 aliphatic carbocycles. The number of nitrogens with zero attached hydrogens (tertiary/aromatic N) is 2. The topological polar surface area (TPSA) is 99.5 Å². The highest BCUT2D eigenvalue weighted by Gasteiger charge is 2.26. The van der Waals surface area contributed by atoms with Gasteiger partial charge in [0.2, 0.25) is 10.0 Å². The minimum Gasteiger partial charge on any atom is -0.379 e. The van der Waals surface area contributed by atoms with Crippen molar-refractivity contribution < 1.29 is 22.3 Å². The van der Waals surface area contributed by atoms with E-state index in [1.165, 1.54) is 52.8 Å². The maximum absolute atomic E-state index is 13.0. The monoisotopic (exact) mass is 403 g/mol. The highest BCUT2D eigenvalue weighted by molar-refractivity contribution is 7.89. The molecule has 1 fully saturated rings. The molecule has 9 heteroatoms. The quantitative estimate of drug-likeness (QED) is 0.821. The molecule has 1 atom stereocenters. The number of ether oxygens (including phenoxy) is 1. The SMILES string of the molecule is N#C[C@H](NC(=O)c1ccc(S(=O)(=O)N2CCOCC2)cc1)c1ccc(F)cc1. The largest absolute Gasteiger partial charge is 0.379 e. The number of sulfonamides is 1. The zero-order valence-corrected chi connectivity index (χ0v) is 15.7. The Balaban J connectivity index is 1.72. The Bertz CT molecular complexity index is 979. The van der Waals surface area contributed by atoms with Gasteiger partial charge in [0, 0.05) is 18.7 Å². The number of nitrogens with one attached hydrogen (secondary N) is 1. The van der Waals surface area contributed by atoms with E-state index in [1.54, 1.807) is 0 Å². The minimum absolute atomic E-state index is 0.0846. The molecule has 0 spiro atoms. The number of benzene rings is 2. The Morgan fingerprint density at radius 3 is 2.29 bits per heavy atom. The van der Waals surface area contributed by atoms with Crippen LogP contribution in [0.5, 0.6) is 0 Å². The zero-order valence-electron chi connectivity index (χ0n) is 14.8. The Morgan fingerprint density at radius 1 is 1.11 bits per heavy atom. The van der Waals surface area contributed by atoms with E-state index in [0.717, 1.165) is 0 Å². The summed E-state index contributed by atoms with van der Waals surface area (Å²) in [5, 5.41) is 11.8. The van der Waals surface area contributed by atoms with E-state index in [2.05, 4.69) is 5.32 Å². The Hall–Kier alpha value is -2.80. The molecular weight excluding hydrogens is 385 g/mol. The van der Waals surface area contributed by atoms with Crippen molar-refractivity contribution >= 4 is 15.9 Å². The number of nitriles is 1. The predicted octanol–water partition coefficient (Wildman–Crippen LogP) is 1.84. The van der Waals surface area contributed by atoms with Crippen LogP contribution in [0.15, 0.2) is 53.4 Å². The van der Waals surface area contributed by atoms with Crippen LogP contribution in [-0.4, -0.2) is 44.9 Å². The molecular formula is C19H18FN3O4S. The Morgan fingerprint density at radius 2 is 1.71 bits per heavy atom. The molecule has 0 radical (unpaired) electrons. The van der Waals surface area contributed by atoms with Crippen LogP contribution in [0, 0.1) is 17.1 Å². The molecule has 0 aromatic heterocycles. The van der Waals surface area contributed by atoms with Crippen LogP contribution in [0.25, 0.3) is 0 Å². The smallest absolute Gasteiger partial charge is 0.252 e. The van der Waals surface area contributed by atoms with Gasteiger partial charge >= 0.3 is 0 Å². The van der Waals surface area contributed by atoms with Crippen LogP contribution in [0.4, 0.5) is 4.39 Å². The molecule has 0 saturated carbocycles. The molecule has 1 heterocycles. The van der Waals surface area contributed by atoms with E-state index in [0.29, 0.717) is 18.8 Å². The first-order chi connectivity index (χ1) is 13.4. The summed E-state index contributed by atoms with van der Waals surface area (Å²) in [5.74, 6) is -0.977. The lowest BCUT2D eigenvalue weighted by molar-refractivity contribution is 0.0730. The fraction of sp³-hybridized carbons (Fsp3) is 0.263. The number of carbonyl (C=O) groups is 1. The molecule has 28 heavy (non-hydrogen) atoms. The van der Waals surface area contributed by atoms with Crippen molar-refractivity contribution in [1.29, 1.82) is 5.26 Å². The Labute approximate surface area is 162 Å². The first kappa shape index (κ1) is 19.9. The summed E-state index contributed by atoms with van der Waals surface area (Å²) in [6, 6.07) is 11.7. The van der Waals surface area contributed by atoms with Gasteiger partial charge in [0.1, 0.15) is 11.9 Å². The van der Waals surface area contributed by atoms with Crippen molar-refractivity contribution in [3.63, 3.8) is 0 Å². The van der Waals surface area contributed by atoms with Gasteiger partial charge in [-0.3, -0.25) is 4.79 Å². The van der Waals surface area contributed by atoms with Gasteiger partial charge in [-0.25, -0.2) is 12.8 Å². The van der Waals surface area contributed by atoms with Gasteiger partial charge in [-0.15, -0.1) is 0 Å². The van der Waals surface area contributed by atoms with Gasteiger partial charge in [0.25, 0.3) is 5.91 Å². The van der Waals surface area contributed by atoms with Gasteiger partial charge in [-0.2, -0.15) is 9.57 Å². The van der Waals surface area contributed by atoms with Gasteiger partial charge in [-0.05, 0) is 42.0 Å². The van der Waals surface area contributed by atoms with Gasteiger partial charge in [0.05, 0.1) is 24.2 Å². The van der Waals surface area contributed by atoms with Gasteiger partial charge in [0.15, 0.2) is 0 Å². The highest BCUT2D eigenvalue weighted by atomic mass is 32.2. The fourth-order valence-corrected chi connectivity index (χ4v) is 4.18. The molecule has 1 aliphatic heterocycles. The summed E-state index contributed by atoms with van der Waals surface area (Å²) < 4.78 is 44.7. The minimum atomic E-state index is -3.65. The van der Waals surface area contributed by atoms with Crippen LogP contribution in [0.1, 0.15) is 22.0 Å². The number of hydrogen-bond acceptors (Lipinski definition) is 5. The number of morpholine rings is 1. The van der Waals surface area contributed by atoms with Gasteiger partial charge in [-0.1, -0.05) is 12.1 Å². The molecule has 1 aliphatic rings. The average molecular weight is 403 g/mol. The predicted molar refractivity (Wildman–Crippen MR) is 98.2 cm³/mol. The molecule has 7 nitrogen and oxygen atoms in total. The third kappa shape index (κ3) is 4.36. The van der Waals surface area contributed by atoms with Crippen molar-refractivity contribution in [2.75, 3.05) is 26.3 Å². The van der Waals surface area contributed by atoms with E-state index in [1.807, 2.05) is 6.07 Å². The van der Waals surface area contributed by atoms with Crippen LogP contribution in [0.3, 0.4) is 0 Å². The summed E-state index contributed by atoms with van der Waals surface area (Å²) in [6.07, 6.45) is 0. The number of halogens is 1. The lowest BCUT2D eigenvalue weighted by atomic mass is 10.1. The second kappa shape index (κ2) is 8.48. The van der Waals surface area contributed by atoms with Crippen LogP contribution in [0.2, 0.25) is 0 Å². The van der Waals surface area contributed by atoms with Crippen LogP contribution < -0.4 is 5.32 Å². The third-order valence-corrected chi connectivity index (χ3v) is 6.25. The summed E-state index contributed by atoms with van der Waals surface area (Å²) in [4.78, 5) is 12.5. The zero-order chi connectivity index (χ0) is 20.1. The lowest BCUT2D eigenvalue weighted by Crippen LogP contribution is -2.40. The molecule has 146 valence electrons. The molecule has 1 N–H and O–H groups in total. The maximum Gasteiger partial charge on any atom is 0.252 e. The fourth-order valence-electron chi connectivity index (χ4n) is 2.77. The van der Waals surface area contributed by atoms with E-state index in [9.17, 15) is 22.9 Å². The van der Waals surface area contributed by atoms with E-state index < -0.39 is 27.8 Å². The van der Waals surface area contributed by atoms with Gasteiger partial charge < -0.3 is 10.1 Å². The van der Waals surface area contributed by atoms with Crippen LogP contribution in [-0.2, 0) is 14.8 Å². The summed E-state index contributed by atoms with van der Waals surface area (Å²) in [5.41, 5.74) is 0.659. The van der Waals surface area contributed by atoms with Crippen molar-refractivity contribution in [2.45, 2.75) is 10.9 Å². The average Bonchev–Trinajstić information content (AvgIpc) is 2.73. The molecule has 0 bridgehead atoms. The van der Waals surface area contributed by atoms with Crippen molar-refractivity contribution in [1.82, 2.24) is 9.62 Å². The highest BCUT2D eigenvalue weighted by Crippen LogP contribution is 2.19. The van der Waals surface area contributed by atoms with Crippen molar-refractivity contribution in [3.8, 4) is 6.07 Å². The molecule has 1 amide bonds. The second-order valence-electron chi connectivity index (χ2n) is 6.13. The van der Waals surface area contributed by atoms with Crippen molar-refractivity contribution in [3.05, 3.63) is 65.5 Å². The first-order valence-electron chi connectivity index (χ1n) is 8.56. The normalized spacial score (nSPS) is 16.1. The van der Waals surface area contributed by atoms with E-state index in [-0.39, 0.29) is 23.5 Å². The summed E-state index contributed by atoms with van der Waals surface area (Å²) in [6.45, 7) is 1.26. The van der Waals surface area contributed by atoms with Crippen molar-refractivity contribution in [2.24, 2.45) is 0 Å². The standard InChI is InChI=1S/C19H18FN3O4S/c20-16-5-1-14(2-6-16)18(13-21)22-19(24)15-3-7-17(8-4-15)28(25,26)23-9-11-27-12-10-23/h1-8,18H,9-12H2,(H,22,24)/t18-/m0/s1. The molecule has 2 aromatic carbocycles. The third-order valence-electron chi connectivity index (χ3n) is 4.33. The maximum atomic E-state index is 13.0. The number of hydrogen-bond donors (Lipinski definition) is 1. The number of amides is 1. The lowest BCUT2D eigenvalue weighted by Gasteiger charge is -2.26. The summed E-state index contributed by atoms with van der Waals surface area (Å²) >= 11 is 0. The molecule has 3 rings (SSSR count). The molecule has 2 aromatic rings. The van der Waals surface area contributed by atoms with E-state index in [4.69, 9.17) is 4.74 Å². The first-order valence-corrected chi connectivity index (χ1v) is 10.00. The molecule has 1 saturated heterocycles. The second-order valence-corrected chi connectivity index (χ2v) is 8.07. The summed E-state index contributed by atoms with van der Waals surface area (Å²) in [7, 11) is -3.65. The Kier molecular flexibility index (Phi) is 6.04. The molecule has 0 unspecified atom stereocenters. The van der Waals surface area contributed by atoms with E-state index >= 15 is 0 Å². The number of rotatable bonds is 5.